The van der Waals surface area contributed by atoms with Crippen molar-refractivity contribution in [2.45, 2.75) is 50.2 Å². The molecule has 1 aliphatic rings. The second-order valence-electron chi connectivity index (χ2n) is 3.68. The normalized spacial score (nSPS) is 26.3. The zero-order chi connectivity index (χ0) is 11.4. The summed E-state index contributed by atoms with van der Waals surface area (Å²) < 4.78 is 5.57. The summed E-state index contributed by atoms with van der Waals surface area (Å²) in [5.41, 5.74) is 0. The van der Waals surface area contributed by atoms with Gasteiger partial charge in [0.25, 0.3) is 5.91 Å². The second kappa shape index (κ2) is 5.92. The number of amides is 1. The van der Waals surface area contributed by atoms with Gasteiger partial charge in [0.2, 0.25) is 0 Å². The zero-order valence-electron chi connectivity index (χ0n) is 9.08. The predicted molar refractivity (Wildman–Crippen MR) is 61.1 cm³/mol. The van der Waals surface area contributed by atoms with Crippen LogP contribution < -0.4 is 0 Å². The van der Waals surface area contributed by atoms with E-state index in [1.807, 2.05) is 6.92 Å². The van der Waals surface area contributed by atoms with E-state index >= 15 is 0 Å². The van der Waals surface area contributed by atoms with Crippen molar-refractivity contribution in [3.63, 3.8) is 0 Å². The Bertz CT molecular complexity index is 223. The summed E-state index contributed by atoms with van der Waals surface area (Å²) in [4.78, 5) is 12.5. The number of hydrogen-bond acceptors (Lipinski definition) is 2. The third kappa shape index (κ3) is 2.99. The van der Waals surface area contributed by atoms with E-state index in [9.17, 15) is 4.79 Å². The van der Waals surface area contributed by atoms with Crippen LogP contribution in [0.15, 0.2) is 0 Å². The molecule has 0 aliphatic carbocycles. The number of hydrogen-bond donors (Lipinski definition) is 0. The fourth-order valence-corrected chi connectivity index (χ4v) is 2.06. The highest BCUT2D eigenvalue weighted by Crippen LogP contribution is 2.25. The molecule has 0 spiro atoms. The van der Waals surface area contributed by atoms with Gasteiger partial charge in [-0.05, 0) is 12.8 Å². The fourth-order valence-electron chi connectivity index (χ4n) is 1.84. The smallest absolute Gasteiger partial charge is 0.258 e. The molecular formula is C10H17Cl2NO2. The van der Waals surface area contributed by atoms with Gasteiger partial charge in [-0.3, -0.25) is 4.79 Å². The molecule has 88 valence electrons. The minimum Gasteiger partial charge on any atom is -0.356 e. The lowest BCUT2D eigenvalue weighted by molar-refractivity contribution is -0.136. The first kappa shape index (κ1) is 13.1. The molecule has 0 N–H and O–H groups in total. The summed E-state index contributed by atoms with van der Waals surface area (Å²) in [7, 11) is 0. The summed E-state index contributed by atoms with van der Waals surface area (Å²) in [6.45, 7) is 4.68. The molecule has 0 saturated carbocycles. The maximum Gasteiger partial charge on any atom is 0.258 e. The monoisotopic (exact) mass is 253 g/mol. The predicted octanol–water partition coefficient (Wildman–Crippen LogP) is 2.55. The number of carbonyl (C=O) groups is 1. The van der Waals surface area contributed by atoms with Gasteiger partial charge in [-0.1, -0.05) is 43.5 Å². The number of alkyl halides is 2. The van der Waals surface area contributed by atoms with E-state index in [-0.39, 0.29) is 18.2 Å². The highest BCUT2D eigenvalue weighted by molar-refractivity contribution is 6.53. The van der Waals surface area contributed by atoms with Crippen LogP contribution in [0.3, 0.4) is 0 Å². The van der Waals surface area contributed by atoms with E-state index < -0.39 is 4.84 Å². The van der Waals surface area contributed by atoms with Crippen LogP contribution in [0, 0.1) is 0 Å². The molecule has 3 nitrogen and oxygen atoms in total. The number of halogens is 2. The summed E-state index contributed by atoms with van der Waals surface area (Å²) in [5, 5.41) is 0. The van der Waals surface area contributed by atoms with E-state index in [1.165, 1.54) is 0 Å². The number of rotatable bonds is 4. The largest absolute Gasteiger partial charge is 0.356 e. The summed E-state index contributed by atoms with van der Waals surface area (Å²) >= 11 is 11.2. The molecule has 0 aromatic rings. The molecule has 1 amide bonds. The third-order valence-corrected chi connectivity index (χ3v) is 3.01. The molecular weight excluding hydrogens is 237 g/mol. The molecule has 0 aromatic heterocycles. The molecule has 0 aromatic carbocycles. The van der Waals surface area contributed by atoms with Gasteiger partial charge in [0.05, 0.1) is 12.6 Å². The molecule has 1 aliphatic heterocycles. The van der Waals surface area contributed by atoms with Crippen molar-refractivity contribution in [1.29, 1.82) is 0 Å². The van der Waals surface area contributed by atoms with E-state index in [1.54, 1.807) is 4.90 Å². The summed E-state index contributed by atoms with van der Waals surface area (Å²) in [6, 6.07) is 0.119. The van der Waals surface area contributed by atoms with Crippen LogP contribution in [0.4, 0.5) is 0 Å². The molecule has 15 heavy (non-hydrogen) atoms. The Morgan fingerprint density at radius 2 is 2.20 bits per heavy atom. The number of carbonyl (C=O) groups excluding carboxylic acids is 1. The van der Waals surface area contributed by atoms with Crippen molar-refractivity contribution >= 4 is 29.1 Å². The third-order valence-electron chi connectivity index (χ3n) is 2.63. The lowest BCUT2D eigenvalue weighted by atomic mass is 10.2. The molecule has 1 saturated heterocycles. The van der Waals surface area contributed by atoms with Crippen LogP contribution in [-0.2, 0) is 9.53 Å². The zero-order valence-corrected chi connectivity index (χ0v) is 10.6. The van der Waals surface area contributed by atoms with Gasteiger partial charge >= 0.3 is 0 Å². The standard InChI is InChI=1S/C10H17Cl2NO2/c1-3-5-8-13(10(14)9(11)12)7(4-2)6-15-8/h7-9H,3-6H2,1-2H3. The highest BCUT2D eigenvalue weighted by atomic mass is 35.5. The average Bonchev–Trinajstić information content (AvgIpc) is 2.60. The molecule has 2 atom stereocenters. The van der Waals surface area contributed by atoms with Gasteiger partial charge in [-0.15, -0.1) is 0 Å². The summed E-state index contributed by atoms with van der Waals surface area (Å²) in [6.07, 6.45) is 2.53. The van der Waals surface area contributed by atoms with Crippen LogP contribution in [0.1, 0.15) is 33.1 Å². The number of ether oxygens (including phenoxy) is 1. The van der Waals surface area contributed by atoms with Crippen LogP contribution >= 0.6 is 23.2 Å². The minimum atomic E-state index is -0.986. The quantitative estimate of drug-likeness (QED) is 0.721. The molecule has 1 heterocycles. The van der Waals surface area contributed by atoms with Gasteiger partial charge in [0, 0.05) is 0 Å². The molecule has 0 bridgehead atoms. The Labute approximate surface area is 101 Å². The van der Waals surface area contributed by atoms with Crippen molar-refractivity contribution < 1.29 is 9.53 Å². The van der Waals surface area contributed by atoms with Gasteiger partial charge in [-0.2, -0.15) is 0 Å². The van der Waals surface area contributed by atoms with Crippen LogP contribution in [0.5, 0.6) is 0 Å². The van der Waals surface area contributed by atoms with Gasteiger partial charge in [0.15, 0.2) is 4.84 Å². The van der Waals surface area contributed by atoms with Crippen molar-refractivity contribution in [2.24, 2.45) is 0 Å². The van der Waals surface area contributed by atoms with Gasteiger partial charge < -0.3 is 9.64 Å². The fraction of sp³-hybridized carbons (Fsp3) is 0.900. The lowest BCUT2D eigenvalue weighted by Crippen LogP contribution is -2.44. The Kier molecular flexibility index (Phi) is 5.16. The average molecular weight is 254 g/mol. The highest BCUT2D eigenvalue weighted by Gasteiger charge is 2.38. The maximum atomic E-state index is 11.8. The van der Waals surface area contributed by atoms with Crippen molar-refractivity contribution in [3.8, 4) is 0 Å². The van der Waals surface area contributed by atoms with Crippen molar-refractivity contribution in [1.82, 2.24) is 4.90 Å². The Morgan fingerprint density at radius 1 is 1.53 bits per heavy atom. The van der Waals surface area contributed by atoms with E-state index in [2.05, 4.69) is 6.92 Å². The van der Waals surface area contributed by atoms with Crippen LogP contribution in [0.2, 0.25) is 0 Å². The SMILES string of the molecule is CCCC1OCC(CC)N1C(=O)C(Cl)Cl. The topological polar surface area (TPSA) is 29.5 Å². The molecule has 1 rings (SSSR count). The molecule has 2 unspecified atom stereocenters. The maximum absolute atomic E-state index is 11.8. The Morgan fingerprint density at radius 3 is 2.67 bits per heavy atom. The van der Waals surface area contributed by atoms with Gasteiger partial charge in [-0.25, -0.2) is 0 Å². The van der Waals surface area contributed by atoms with Crippen LogP contribution in [-0.4, -0.2) is 34.5 Å². The summed E-state index contributed by atoms with van der Waals surface area (Å²) in [5.74, 6) is -0.235. The van der Waals surface area contributed by atoms with Crippen molar-refractivity contribution in [2.75, 3.05) is 6.61 Å². The Hall–Kier alpha value is 0.01000. The van der Waals surface area contributed by atoms with E-state index in [4.69, 9.17) is 27.9 Å². The molecule has 1 fully saturated rings. The number of nitrogens with zero attached hydrogens (tertiary/aromatic N) is 1. The minimum absolute atomic E-state index is 0.119. The first-order valence-electron chi connectivity index (χ1n) is 5.33. The second-order valence-corrected chi connectivity index (χ2v) is 4.78. The molecule has 5 heteroatoms. The lowest BCUT2D eigenvalue weighted by Gasteiger charge is -2.28. The first-order valence-corrected chi connectivity index (χ1v) is 6.21. The van der Waals surface area contributed by atoms with Crippen LogP contribution in [0.25, 0.3) is 0 Å². The van der Waals surface area contributed by atoms with E-state index in [0.29, 0.717) is 6.61 Å². The Balaban J connectivity index is 2.71. The van der Waals surface area contributed by atoms with E-state index in [0.717, 1.165) is 19.3 Å². The van der Waals surface area contributed by atoms with Crippen molar-refractivity contribution in [3.05, 3.63) is 0 Å². The van der Waals surface area contributed by atoms with Gasteiger partial charge in [0.1, 0.15) is 6.23 Å². The first-order chi connectivity index (χ1) is 7.11. The molecule has 0 radical (unpaired) electrons.